The lowest BCUT2D eigenvalue weighted by Gasteiger charge is -2.28. The minimum absolute atomic E-state index is 0.911. The van der Waals surface area contributed by atoms with Crippen LogP contribution >= 0.6 is 0 Å². The van der Waals surface area contributed by atoms with Crippen LogP contribution < -0.4 is 0 Å². The number of aromatic nitrogens is 9. The molecule has 426 valence electrons. The van der Waals surface area contributed by atoms with Crippen molar-refractivity contribution < 1.29 is 0 Å². The Labute approximate surface area is 521 Å². The van der Waals surface area contributed by atoms with E-state index in [1.807, 2.05) is 73.6 Å². The van der Waals surface area contributed by atoms with Crippen LogP contribution in [-0.4, -0.2) is 44.9 Å². The summed E-state index contributed by atoms with van der Waals surface area (Å²) >= 11 is 0. The molecular formula is C81H57N9. The molecule has 6 aliphatic carbocycles. The quantitative estimate of drug-likeness (QED) is 0.160. The smallest absolute Gasteiger partial charge is 0.0935 e. The fourth-order valence-electron chi connectivity index (χ4n) is 16.0. The van der Waals surface area contributed by atoms with Gasteiger partial charge in [-0.3, -0.25) is 29.9 Å². The first-order chi connectivity index (χ1) is 44.6. The van der Waals surface area contributed by atoms with E-state index in [4.69, 9.17) is 44.9 Å². The van der Waals surface area contributed by atoms with E-state index in [0.717, 1.165) is 179 Å². The molecule has 9 nitrogen and oxygen atoms in total. The second kappa shape index (κ2) is 20.4. The predicted molar refractivity (Wildman–Crippen MR) is 356 cm³/mol. The second-order valence-corrected chi connectivity index (χ2v) is 25.0. The monoisotopic (exact) mass is 1160 g/mol. The van der Waals surface area contributed by atoms with Gasteiger partial charge in [0.05, 0.1) is 68.3 Å². The van der Waals surface area contributed by atoms with Gasteiger partial charge >= 0.3 is 0 Å². The highest BCUT2D eigenvalue weighted by Crippen LogP contribution is 2.50. The van der Waals surface area contributed by atoms with Crippen molar-refractivity contribution in [3.8, 4) is 135 Å². The zero-order valence-corrected chi connectivity index (χ0v) is 49.6. The molecule has 90 heavy (non-hydrogen) atoms. The fourth-order valence-corrected chi connectivity index (χ4v) is 16.0. The molecule has 0 amide bonds. The van der Waals surface area contributed by atoms with E-state index < -0.39 is 0 Å². The Hall–Kier alpha value is -10.8. The van der Waals surface area contributed by atoms with E-state index in [-0.39, 0.29) is 0 Å². The standard InChI is InChI=1S/C81H57N9/c1-7-52-25-31-61-67(62-32-26-53-8-2-38-83-71(53)77(62)88-76(61)70(52)82-37-1)49-19-13-46(14-20-49)58-43-59(47-15-21-50(22-16-47)68-63-33-27-54-9-3-39-84-72(54)78(63)89-79-64(68)34-28-55-10-4-40-85-73(55)79)45-60(44-58)48-17-23-51(24-18-48)69-65-35-29-56-11-5-41-86-74(56)80(65)90-81-66(69)36-30-57-12-6-42-87-75(57)81/h1-24,37-45H,25-36H2. The van der Waals surface area contributed by atoms with E-state index in [0.29, 0.717) is 0 Å². The number of fused-ring (bicyclic) bond motifs is 18. The highest BCUT2D eigenvalue weighted by molar-refractivity contribution is 5.92. The van der Waals surface area contributed by atoms with Gasteiger partial charge in [0.1, 0.15) is 0 Å². The van der Waals surface area contributed by atoms with Gasteiger partial charge in [0, 0.05) is 37.2 Å². The lowest BCUT2D eigenvalue weighted by molar-refractivity contribution is 0.877. The molecule has 0 radical (unpaired) electrons. The van der Waals surface area contributed by atoms with Gasteiger partial charge in [-0.2, -0.15) is 0 Å². The SMILES string of the molecule is c1cnc2c(c1)CCc1c-2nc2c(c1-c1ccc(-c3cc(-c4ccc(-c5c6c(nc7c5CCc5cccnc5-7)-c5ncccc5CC6)cc4)cc(-c4ccc(-c5c6c(nc7c5CCc5cccnc5-7)-c5ncccc5CC6)cc4)c3)cc1)CCc1cccnc1-2. The highest BCUT2D eigenvalue weighted by Gasteiger charge is 2.34. The lowest BCUT2D eigenvalue weighted by atomic mass is 9.80. The molecule has 0 saturated carbocycles. The summed E-state index contributed by atoms with van der Waals surface area (Å²) in [6.45, 7) is 0. The summed E-state index contributed by atoms with van der Waals surface area (Å²) in [5.41, 5.74) is 41.5. The predicted octanol–water partition coefficient (Wildman–Crippen LogP) is 16.8. The minimum atomic E-state index is 0.911. The molecule has 0 spiro atoms. The van der Waals surface area contributed by atoms with E-state index in [1.54, 1.807) is 0 Å². The third kappa shape index (κ3) is 8.11. The molecule has 4 aromatic carbocycles. The van der Waals surface area contributed by atoms with Gasteiger partial charge in [0.25, 0.3) is 0 Å². The first-order valence-electron chi connectivity index (χ1n) is 31.9. The van der Waals surface area contributed by atoms with Crippen LogP contribution in [0.15, 0.2) is 201 Å². The Bertz CT molecular complexity index is 4440. The van der Waals surface area contributed by atoms with Crippen LogP contribution in [0.4, 0.5) is 0 Å². The third-order valence-electron chi connectivity index (χ3n) is 20.2. The number of nitrogens with zero attached hydrogens (tertiary/aromatic N) is 9. The second-order valence-electron chi connectivity index (χ2n) is 25.0. The molecule has 0 fully saturated rings. The average molecular weight is 1160 g/mol. The summed E-state index contributed by atoms with van der Waals surface area (Å²) in [5, 5.41) is 0. The molecule has 9 heterocycles. The molecule has 6 aliphatic rings. The minimum Gasteiger partial charge on any atom is -0.254 e. The summed E-state index contributed by atoms with van der Waals surface area (Å²) in [6.07, 6.45) is 22.5. The van der Waals surface area contributed by atoms with Gasteiger partial charge in [0.2, 0.25) is 0 Å². The van der Waals surface area contributed by atoms with Crippen LogP contribution in [0.1, 0.15) is 66.8 Å². The maximum Gasteiger partial charge on any atom is 0.0935 e. The van der Waals surface area contributed by atoms with Crippen molar-refractivity contribution in [2.75, 3.05) is 0 Å². The normalized spacial score (nSPS) is 14.1. The highest BCUT2D eigenvalue weighted by atomic mass is 14.9. The first kappa shape index (κ1) is 51.3. The molecule has 9 heteroatoms. The van der Waals surface area contributed by atoms with Crippen LogP contribution in [0.25, 0.3) is 135 Å². The van der Waals surface area contributed by atoms with Gasteiger partial charge in [-0.1, -0.05) is 109 Å². The van der Waals surface area contributed by atoms with Gasteiger partial charge in [-0.05, 0) is 265 Å². The van der Waals surface area contributed by atoms with E-state index in [1.165, 1.54) is 100 Å². The van der Waals surface area contributed by atoms with Crippen LogP contribution in [0.3, 0.4) is 0 Å². The average Bonchev–Trinajstić information content (AvgIpc) is 1.10. The van der Waals surface area contributed by atoms with Crippen molar-refractivity contribution in [3.63, 3.8) is 0 Å². The Morgan fingerprint density at radius 2 is 0.367 bits per heavy atom. The molecule has 0 unspecified atom stereocenters. The van der Waals surface area contributed by atoms with Crippen LogP contribution in [-0.2, 0) is 77.0 Å². The molecule has 0 atom stereocenters. The number of pyridine rings is 9. The van der Waals surface area contributed by atoms with Crippen molar-refractivity contribution in [1.82, 2.24) is 44.9 Å². The van der Waals surface area contributed by atoms with Crippen LogP contribution in [0, 0.1) is 0 Å². The maximum atomic E-state index is 5.48. The van der Waals surface area contributed by atoms with Gasteiger partial charge in [-0.25, -0.2) is 15.0 Å². The van der Waals surface area contributed by atoms with Crippen molar-refractivity contribution in [1.29, 1.82) is 0 Å². The summed E-state index contributed by atoms with van der Waals surface area (Å²) in [4.78, 5) is 46.2. The third-order valence-corrected chi connectivity index (χ3v) is 20.2. The van der Waals surface area contributed by atoms with Crippen molar-refractivity contribution in [2.45, 2.75) is 77.0 Å². The van der Waals surface area contributed by atoms with Crippen LogP contribution in [0.2, 0.25) is 0 Å². The molecule has 0 saturated heterocycles. The van der Waals surface area contributed by atoms with E-state index in [9.17, 15) is 0 Å². The van der Waals surface area contributed by atoms with E-state index in [2.05, 4.69) is 127 Å². The van der Waals surface area contributed by atoms with Crippen molar-refractivity contribution in [2.24, 2.45) is 0 Å². The molecule has 0 N–H and O–H groups in total. The molecule has 19 rings (SSSR count). The largest absolute Gasteiger partial charge is 0.254 e. The molecule has 13 aromatic rings. The summed E-state index contributed by atoms with van der Waals surface area (Å²) in [6, 6.07) is 60.8. The van der Waals surface area contributed by atoms with Crippen molar-refractivity contribution in [3.05, 3.63) is 268 Å². The van der Waals surface area contributed by atoms with Gasteiger partial charge in [0.15, 0.2) is 0 Å². The number of rotatable bonds is 6. The molecular weight excluding hydrogens is 1100 g/mol. The summed E-state index contributed by atoms with van der Waals surface area (Å²) < 4.78 is 0. The number of hydrogen-bond acceptors (Lipinski definition) is 9. The zero-order chi connectivity index (χ0) is 59.0. The van der Waals surface area contributed by atoms with Gasteiger partial charge in [-0.15, -0.1) is 0 Å². The fraction of sp³-hybridized carbons (Fsp3) is 0.148. The first-order valence-corrected chi connectivity index (χ1v) is 31.9. The summed E-state index contributed by atoms with van der Waals surface area (Å²) in [7, 11) is 0. The Kier molecular flexibility index (Phi) is 11.6. The summed E-state index contributed by atoms with van der Waals surface area (Å²) in [5.74, 6) is 0. The number of benzene rings is 4. The Morgan fingerprint density at radius 1 is 0.178 bits per heavy atom. The zero-order valence-electron chi connectivity index (χ0n) is 49.6. The topological polar surface area (TPSA) is 116 Å². The van der Waals surface area contributed by atoms with E-state index >= 15 is 0 Å². The molecule has 0 aliphatic heterocycles. The Balaban J connectivity index is 0.753. The van der Waals surface area contributed by atoms with Crippen molar-refractivity contribution >= 4 is 0 Å². The molecule has 0 bridgehead atoms. The van der Waals surface area contributed by atoms with Gasteiger partial charge < -0.3 is 0 Å². The number of aryl methyl sites for hydroxylation is 6. The maximum absolute atomic E-state index is 5.48. The molecule has 9 aromatic heterocycles. The Morgan fingerprint density at radius 3 is 0.567 bits per heavy atom. The van der Waals surface area contributed by atoms with Crippen LogP contribution in [0.5, 0.6) is 0 Å². The lowest BCUT2D eigenvalue weighted by Crippen LogP contribution is -2.16. The number of hydrogen-bond donors (Lipinski definition) is 0.